The Bertz CT molecular complexity index is 700. The van der Waals surface area contributed by atoms with Crippen molar-refractivity contribution in [1.29, 1.82) is 0 Å². The monoisotopic (exact) mass is 438 g/mol. The van der Waals surface area contributed by atoms with Crippen molar-refractivity contribution in [2.75, 3.05) is 27.1 Å². The molecule has 0 bridgehead atoms. The van der Waals surface area contributed by atoms with Gasteiger partial charge < -0.3 is 0 Å². The van der Waals surface area contributed by atoms with E-state index >= 15 is 0 Å². The second kappa shape index (κ2) is 9.68. The molecule has 11 nitrogen and oxygen atoms in total. The summed E-state index contributed by atoms with van der Waals surface area (Å²) in [5.41, 5.74) is 0.704. The summed E-state index contributed by atoms with van der Waals surface area (Å²) in [6, 6.07) is 0. The van der Waals surface area contributed by atoms with E-state index in [2.05, 4.69) is 15.0 Å². The molecule has 13 heteroatoms. The summed E-state index contributed by atoms with van der Waals surface area (Å²) >= 11 is 1.09. The standard InChI is InChI=1S/C15H23N2O9PS/c1-15(2)7-24-27(21,25-9-23-14(20)10-6-16-8-28-10)26-12(15)13(19)17-5-4-11(18)22-3/h6,8,12,21,27H,4-5,7,9H2,1-3H3,(H,17,19)/t12-/m0/s1. The normalized spacial score (nSPS) is 21.4. The summed E-state index contributed by atoms with van der Waals surface area (Å²) < 4.78 is 25.2. The number of thiazole rings is 1. The molecule has 0 aliphatic carbocycles. The molecule has 0 spiro atoms. The summed E-state index contributed by atoms with van der Waals surface area (Å²) in [7, 11) is -2.96. The molecule has 1 aliphatic rings. The molecule has 1 fully saturated rings. The third-order valence-corrected chi connectivity index (χ3v) is 6.04. The Kier molecular flexibility index (Phi) is 7.81. The zero-order valence-corrected chi connectivity index (χ0v) is 17.4. The van der Waals surface area contributed by atoms with Crippen molar-refractivity contribution < 1.29 is 42.3 Å². The molecule has 1 aliphatic heterocycles. The van der Waals surface area contributed by atoms with E-state index < -0.39 is 44.3 Å². The molecule has 28 heavy (non-hydrogen) atoms. The van der Waals surface area contributed by atoms with Crippen LogP contribution in [0.3, 0.4) is 0 Å². The summed E-state index contributed by atoms with van der Waals surface area (Å²) in [4.78, 5) is 49.8. The van der Waals surface area contributed by atoms with Gasteiger partial charge in [-0.25, -0.2) is 0 Å². The van der Waals surface area contributed by atoms with E-state index in [0.717, 1.165) is 11.3 Å². The molecule has 1 aromatic rings. The fourth-order valence-corrected chi connectivity index (χ4v) is 4.42. The predicted molar refractivity (Wildman–Crippen MR) is 98.3 cm³/mol. The minimum atomic E-state index is -4.21. The number of amides is 1. The van der Waals surface area contributed by atoms with Gasteiger partial charge in [0, 0.05) is 0 Å². The number of esters is 2. The van der Waals surface area contributed by atoms with Gasteiger partial charge in [0.05, 0.1) is 0 Å². The molecule has 1 atom stereocenters. The van der Waals surface area contributed by atoms with Crippen LogP contribution >= 0.6 is 19.5 Å². The third-order valence-electron chi connectivity index (χ3n) is 3.76. The van der Waals surface area contributed by atoms with Crippen LogP contribution in [0.5, 0.6) is 0 Å². The van der Waals surface area contributed by atoms with E-state index in [9.17, 15) is 19.3 Å². The third kappa shape index (κ3) is 6.16. The summed E-state index contributed by atoms with van der Waals surface area (Å²) in [5, 5.41) is 2.55. The van der Waals surface area contributed by atoms with Crippen LogP contribution in [-0.2, 0) is 32.6 Å². The molecule has 0 aromatic carbocycles. The Morgan fingerprint density at radius 2 is 2.21 bits per heavy atom. The molecule has 2 N–H and O–H groups in total. The quantitative estimate of drug-likeness (QED) is 0.340. The maximum atomic E-state index is 12.4. The van der Waals surface area contributed by atoms with Gasteiger partial charge in [0.15, 0.2) is 0 Å². The first-order valence-electron chi connectivity index (χ1n) is 8.25. The SMILES string of the molecule is COC(=O)CCNC(=O)[C@@H]1O[PH](O)(OCOC(=O)c2cncs2)OCC1(C)C. The average molecular weight is 438 g/mol. The zero-order chi connectivity index (χ0) is 20.8. The van der Waals surface area contributed by atoms with E-state index in [1.165, 1.54) is 18.8 Å². The van der Waals surface area contributed by atoms with Crippen LogP contribution in [0, 0.1) is 5.41 Å². The van der Waals surface area contributed by atoms with Crippen LogP contribution in [0.2, 0.25) is 0 Å². The zero-order valence-electron chi connectivity index (χ0n) is 15.6. The number of aromatic nitrogens is 1. The predicted octanol–water partition coefficient (Wildman–Crippen LogP) is 0.797. The molecule has 2 heterocycles. The van der Waals surface area contributed by atoms with Crippen molar-refractivity contribution in [2.24, 2.45) is 5.41 Å². The Morgan fingerprint density at radius 3 is 2.86 bits per heavy atom. The summed E-state index contributed by atoms with van der Waals surface area (Å²) in [5.74, 6) is -1.67. The van der Waals surface area contributed by atoms with Crippen LogP contribution in [0.25, 0.3) is 0 Å². The van der Waals surface area contributed by atoms with E-state index in [-0.39, 0.29) is 24.4 Å². The maximum absolute atomic E-state index is 12.4. The molecule has 2 rings (SSSR count). The van der Waals surface area contributed by atoms with Gasteiger partial charge in [-0.3, -0.25) is 0 Å². The number of hydrogen-bond acceptors (Lipinski definition) is 11. The van der Waals surface area contributed by atoms with E-state index in [0.29, 0.717) is 0 Å². The topological polar surface area (TPSA) is 143 Å². The van der Waals surface area contributed by atoms with Crippen molar-refractivity contribution in [3.63, 3.8) is 0 Å². The van der Waals surface area contributed by atoms with Crippen molar-refractivity contribution in [3.05, 3.63) is 16.6 Å². The Hall–Kier alpha value is -1.69. The van der Waals surface area contributed by atoms with Gasteiger partial charge in [-0.05, 0) is 0 Å². The van der Waals surface area contributed by atoms with E-state index in [4.69, 9.17) is 18.3 Å². The molecule has 0 saturated carbocycles. The number of nitrogens with zero attached hydrogens (tertiary/aromatic N) is 1. The fourth-order valence-electron chi connectivity index (χ4n) is 2.21. The van der Waals surface area contributed by atoms with Crippen LogP contribution in [0.1, 0.15) is 29.9 Å². The second-order valence-electron chi connectivity index (χ2n) is 6.48. The Labute approximate surface area is 165 Å². The first-order valence-corrected chi connectivity index (χ1v) is 10.8. The van der Waals surface area contributed by atoms with Gasteiger partial charge >= 0.3 is 165 Å². The van der Waals surface area contributed by atoms with Gasteiger partial charge in [-0.15, -0.1) is 0 Å². The van der Waals surface area contributed by atoms with Gasteiger partial charge in [0.2, 0.25) is 0 Å². The van der Waals surface area contributed by atoms with Crippen LogP contribution in [-0.4, -0.2) is 60.9 Å². The van der Waals surface area contributed by atoms with Crippen molar-refractivity contribution in [2.45, 2.75) is 26.4 Å². The molecular formula is C15H23N2O9PS. The molecule has 158 valence electrons. The molecule has 1 amide bonds. The minimum absolute atomic E-state index is 0.00237. The van der Waals surface area contributed by atoms with E-state index in [1.807, 2.05) is 0 Å². The first-order chi connectivity index (χ1) is 13.2. The van der Waals surface area contributed by atoms with Crippen molar-refractivity contribution >= 4 is 37.4 Å². The van der Waals surface area contributed by atoms with Crippen LogP contribution in [0.4, 0.5) is 0 Å². The van der Waals surface area contributed by atoms with Crippen LogP contribution < -0.4 is 5.32 Å². The van der Waals surface area contributed by atoms with Gasteiger partial charge in [-0.2, -0.15) is 0 Å². The number of methoxy groups -OCH3 is 1. The molecule has 1 aromatic heterocycles. The number of rotatable bonds is 8. The van der Waals surface area contributed by atoms with Gasteiger partial charge in [-0.1, -0.05) is 0 Å². The summed E-state index contributed by atoms with van der Waals surface area (Å²) in [6.07, 6.45) is 0.245. The number of ether oxygens (including phenoxy) is 2. The van der Waals surface area contributed by atoms with Gasteiger partial charge in [0.1, 0.15) is 0 Å². The average Bonchev–Trinajstić information content (AvgIpc) is 3.18. The first kappa shape index (κ1) is 22.6. The number of carbonyl (C=O) groups excluding carboxylic acids is 3. The molecule has 1 saturated heterocycles. The molecule has 0 unspecified atom stereocenters. The van der Waals surface area contributed by atoms with Crippen molar-refractivity contribution in [3.8, 4) is 0 Å². The fraction of sp³-hybridized carbons (Fsp3) is 0.600. The van der Waals surface area contributed by atoms with Gasteiger partial charge in [0.25, 0.3) is 0 Å². The Balaban J connectivity index is 1.88. The summed E-state index contributed by atoms with van der Waals surface area (Å²) in [6.45, 7) is 2.85. The van der Waals surface area contributed by atoms with Crippen LogP contribution in [0.15, 0.2) is 11.7 Å². The second-order valence-corrected chi connectivity index (χ2v) is 9.22. The van der Waals surface area contributed by atoms with Crippen molar-refractivity contribution in [1.82, 2.24) is 10.3 Å². The number of hydrogen-bond donors (Lipinski definition) is 2. The Morgan fingerprint density at radius 1 is 1.46 bits per heavy atom. The number of nitrogens with one attached hydrogen (secondary N) is 1. The van der Waals surface area contributed by atoms with E-state index in [1.54, 1.807) is 13.8 Å². The molecule has 0 radical (unpaired) electrons. The number of carbonyl (C=O) groups is 3. The molecular weight excluding hydrogens is 415 g/mol.